The molecule has 4 amide bonds. The van der Waals surface area contributed by atoms with Crippen LogP contribution in [-0.2, 0) is 9.53 Å². The summed E-state index contributed by atoms with van der Waals surface area (Å²) in [4.78, 5) is 39.6. The van der Waals surface area contributed by atoms with Crippen molar-refractivity contribution in [3.05, 3.63) is 24.3 Å². The number of ether oxygens (including phenoxy) is 1. The van der Waals surface area contributed by atoms with Gasteiger partial charge in [0.15, 0.2) is 0 Å². The molecule has 0 saturated carbocycles. The second kappa shape index (κ2) is 9.84. The van der Waals surface area contributed by atoms with E-state index in [1.807, 2.05) is 23.1 Å². The van der Waals surface area contributed by atoms with Gasteiger partial charge in [0, 0.05) is 32.2 Å². The Hall–Kier alpha value is -2.51. The number of urea groups is 2. The molecule has 2 N–H and O–H groups in total. The van der Waals surface area contributed by atoms with E-state index < -0.39 is 12.0 Å². The van der Waals surface area contributed by atoms with Crippen molar-refractivity contribution in [3.63, 3.8) is 0 Å². The highest BCUT2D eigenvalue weighted by Gasteiger charge is 2.30. The zero-order chi connectivity index (χ0) is 18.9. The van der Waals surface area contributed by atoms with Crippen LogP contribution in [0.25, 0.3) is 0 Å². The monoisotopic (exact) mass is 364 g/mol. The smallest absolute Gasteiger partial charge is 0.328 e. The van der Waals surface area contributed by atoms with Gasteiger partial charge in [-0.15, -0.1) is 0 Å². The van der Waals surface area contributed by atoms with Gasteiger partial charge >= 0.3 is 18.0 Å². The molecule has 2 aliphatic heterocycles. The molecule has 0 aromatic carbocycles. The molecule has 0 aromatic rings. The maximum Gasteiger partial charge on any atom is 0.328 e. The van der Waals surface area contributed by atoms with Gasteiger partial charge in [-0.3, -0.25) is 0 Å². The lowest BCUT2D eigenvalue weighted by molar-refractivity contribution is -0.142. The van der Waals surface area contributed by atoms with Crippen LogP contribution in [0, 0.1) is 0 Å². The van der Waals surface area contributed by atoms with E-state index in [4.69, 9.17) is 0 Å². The maximum atomic E-state index is 12.4. The lowest BCUT2D eigenvalue weighted by Crippen LogP contribution is -2.54. The highest BCUT2D eigenvalue weighted by Crippen LogP contribution is 2.18. The van der Waals surface area contributed by atoms with Gasteiger partial charge in [-0.25, -0.2) is 14.4 Å². The minimum atomic E-state index is -0.683. The molecule has 0 spiro atoms. The molecule has 0 unspecified atom stereocenters. The second-order valence-electron chi connectivity index (χ2n) is 6.44. The number of likely N-dealkylation sites (tertiary alicyclic amines) is 1. The van der Waals surface area contributed by atoms with Crippen LogP contribution in [0.5, 0.6) is 0 Å². The number of hydrogen-bond acceptors (Lipinski definition) is 4. The number of rotatable bonds is 3. The zero-order valence-corrected chi connectivity index (χ0v) is 15.4. The van der Waals surface area contributed by atoms with Gasteiger partial charge in [-0.1, -0.05) is 24.3 Å². The van der Waals surface area contributed by atoms with E-state index in [-0.39, 0.29) is 18.1 Å². The summed E-state index contributed by atoms with van der Waals surface area (Å²) in [6, 6.07) is -0.918. The SMILES string of the molecule is COC(=O)[C@@H](C)NC(=O)N1CCC(N2CC/C=C\C=C/CNC2=O)CC1. The van der Waals surface area contributed by atoms with Crippen LogP contribution in [-0.4, -0.2) is 73.2 Å². The first-order chi connectivity index (χ1) is 12.5. The minimum absolute atomic E-state index is 0.0628. The van der Waals surface area contributed by atoms with Gasteiger partial charge in [0.25, 0.3) is 0 Å². The standard InChI is InChI=1S/C18H28N4O4/c1-14(16(23)26-2)20-18(25)21-12-8-15(9-13-21)22-11-7-5-3-4-6-10-19-17(22)24/h3-6,14-15H,7-13H2,1-2H3,(H,19,24)(H,20,25)/b5-3-,6-4-/t14-/m1/s1. The van der Waals surface area contributed by atoms with Crippen molar-refractivity contribution in [1.29, 1.82) is 0 Å². The molecule has 144 valence electrons. The fraction of sp³-hybridized carbons (Fsp3) is 0.611. The van der Waals surface area contributed by atoms with Crippen molar-refractivity contribution in [2.24, 2.45) is 0 Å². The highest BCUT2D eigenvalue weighted by molar-refractivity contribution is 5.83. The molecule has 2 heterocycles. The van der Waals surface area contributed by atoms with E-state index >= 15 is 0 Å². The van der Waals surface area contributed by atoms with Crippen LogP contribution in [0.4, 0.5) is 9.59 Å². The van der Waals surface area contributed by atoms with Crippen molar-refractivity contribution in [2.75, 3.05) is 33.3 Å². The molecule has 1 fully saturated rings. The molecule has 0 radical (unpaired) electrons. The number of amides is 4. The van der Waals surface area contributed by atoms with Gasteiger partial charge in [0.05, 0.1) is 7.11 Å². The van der Waals surface area contributed by atoms with Crippen LogP contribution in [0.2, 0.25) is 0 Å². The summed E-state index contributed by atoms with van der Waals surface area (Å²) < 4.78 is 4.62. The molecule has 2 aliphatic rings. The van der Waals surface area contributed by atoms with Crippen molar-refractivity contribution < 1.29 is 19.1 Å². The average Bonchev–Trinajstić information content (AvgIpc) is 2.66. The number of nitrogens with zero attached hydrogens (tertiary/aromatic N) is 2. The van der Waals surface area contributed by atoms with Crippen molar-refractivity contribution in [1.82, 2.24) is 20.4 Å². The summed E-state index contributed by atoms with van der Waals surface area (Å²) in [5, 5.41) is 5.54. The molecular weight excluding hydrogens is 336 g/mol. The van der Waals surface area contributed by atoms with Crippen LogP contribution in [0.1, 0.15) is 26.2 Å². The third kappa shape index (κ3) is 5.50. The number of piperidine rings is 1. The molecule has 8 heteroatoms. The molecular formula is C18H28N4O4. The summed E-state index contributed by atoms with van der Waals surface area (Å²) in [7, 11) is 1.29. The van der Waals surface area contributed by atoms with E-state index in [0.717, 1.165) is 6.42 Å². The summed E-state index contributed by atoms with van der Waals surface area (Å²) in [5.41, 5.74) is 0. The maximum absolute atomic E-state index is 12.4. The molecule has 1 saturated heterocycles. The normalized spacial score (nSPS) is 22.8. The quantitative estimate of drug-likeness (QED) is 0.738. The van der Waals surface area contributed by atoms with Gasteiger partial charge < -0.3 is 25.2 Å². The van der Waals surface area contributed by atoms with Crippen LogP contribution in [0.15, 0.2) is 24.3 Å². The average molecular weight is 364 g/mol. The Kier molecular flexibility index (Phi) is 7.50. The fourth-order valence-electron chi connectivity index (χ4n) is 3.13. The Morgan fingerprint density at radius 1 is 1.23 bits per heavy atom. The van der Waals surface area contributed by atoms with Crippen molar-refractivity contribution in [3.8, 4) is 0 Å². The summed E-state index contributed by atoms with van der Waals surface area (Å²) in [6.07, 6.45) is 10.1. The van der Waals surface area contributed by atoms with E-state index in [0.29, 0.717) is 39.0 Å². The largest absolute Gasteiger partial charge is 0.467 e. The predicted molar refractivity (Wildman–Crippen MR) is 97.6 cm³/mol. The van der Waals surface area contributed by atoms with E-state index in [9.17, 15) is 14.4 Å². The van der Waals surface area contributed by atoms with Gasteiger partial charge in [0.1, 0.15) is 6.04 Å². The Labute approximate surface area is 154 Å². The number of esters is 1. The molecule has 0 bridgehead atoms. The first-order valence-electron chi connectivity index (χ1n) is 9.02. The third-order valence-corrected chi connectivity index (χ3v) is 4.64. The molecule has 0 aliphatic carbocycles. The minimum Gasteiger partial charge on any atom is -0.467 e. The molecule has 8 nitrogen and oxygen atoms in total. The Balaban J connectivity index is 1.87. The van der Waals surface area contributed by atoms with Crippen molar-refractivity contribution >= 4 is 18.0 Å². The fourth-order valence-corrected chi connectivity index (χ4v) is 3.13. The van der Waals surface area contributed by atoms with Crippen LogP contribution in [0.3, 0.4) is 0 Å². The van der Waals surface area contributed by atoms with Crippen LogP contribution < -0.4 is 10.6 Å². The lowest BCUT2D eigenvalue weighted by Gasteiger charge is -2.38. The molecule has 1 atom stereocenters. The summed E-state index contributed by atoms with van der Waals surface area (Å²) >= 11 is 0. The lowest BCUT2D eigenvalue weighted by atomic mass is 10.0. The predicted octanol–water partition coefficient (Wildman–Crippen LogP) is 1.25. The third-order valence-electron chi connectivity index (χ3n) is 4.64. The van der Waals surface area contributed by atoms with Gasteiger partial charge in [-0.2, -0.15) is 0 Å². The summed E-state index contributed by atoms with van der Waals surface area (Å²) in [5.74, 6) is -0.473. The van der Waals surface area contributed by atoms with Gasteiger partial charge in [-0.05, 0) is 26.2 Å². The first kappa shape index (κ1) is 19.8. The Bertz CT molecular complexity index is 568. The zero-order valence-electron chi connectivity index (χ0n) is 15.4. The first-order valence-corrected chi connectivity index (χ1v) is 9.02. The number of hydrogen-bond donors (Lipinski definition) is 2. The number of nitrogens with one attached hydrogen (secondary N) is 2. The topological polar surface area (TPSA) is 91.0 Å². The Morgan fingerprint density at radius 3 is 2.62 bits per heavy atom. The Morgan fingerprint density at radius 2 is 1.92 bits per heavy atom. The molecule has 26 heavy (non-hydrogen) atoms. The molecule has 2 rings (SSSR count). The van der Waals surface area contributed by atoms with E-state index in [1.165, 1.54) is 7.11 Å². The highest BCUT2D eigenvalue weighted by atomic mass is 16.5. The number of carbonyl (C=O) groups is 3. The second-order valence-corrected chi connectivity index (χ2v) is 6.44. The van der Waals surface area contributed by atoms with Crippen LogP contribution >= 0.6 is 0 Å². The van der Waals surface area contributed by atoms with E-state index in [2.05, 4.69) is 21.4 Å². The van der Waals surface area contributed by atoms with Gasteiger partial charge in [0.2, 0.25) is 0 Å². The van der Waals surface area contributed by atoms with E-state index in [1.54, 1.807) is 11.8 Å². The molecule has 0 aromatic heterocycles. The van der Waals surface area contributed by atoms with Crippen molar-refractivity contribution in [2.45, 2.75) is 38.3 Å². The number of methoxy groups -OCH3 is 1. The summed E-state index contributed by atoms with van der Waals surface area (Å²) in [6.45, 7) is 3.85. The number of allylic oxidation sites excluding steroid dienone is 2. The number of carbonyl (C=O) groups excluding carboxylic acids is 3.